The molecule has 25 heavy (non-hydrogen) atoms. The third-order valence-electron chi connectivity index (χ3n) is 6.13. The van der Waals surface area contributed by atoms with Gasteiger partial charge in [0, 0.05) is 42.4 Å². The first kappa shape index (κ1) is 19.4. The molecule has 0 aliphatic heterocycles. The van der Waals surface area contributed by atoms with Crippen molar-refractivity contribution >= 4 is 23.6 Å². The van der Waals surface area contributed by atoms with E-state index in [1.54, 1.807) is 6.92 Å². The van der Waals surface area contributed by atoms with Crippen molar-refractivity contribution < 1.29 is 24.1 Å². The van der Waals surface area contributed by atoms with E-state index in [1.807, 2.05) is 0 Å². The Bertz CT molecular complexity index is 582. The van der Waals surface area contributed by atoms with Gasteiger partial charge >= 0.3 is 0 Å². The molecule has 2 aliphatic carbocycles. The first-order chi connectivity index (χ1) is 11.7. The van der Waals surface area contributed by atoms with Crippen LogP contribution in [0.25, 0.3) is 0 Å². The quantitative estimate of drug-likeness (QED) is 0.301. The summed E-state index contributed by atoms with van der Waals surface area (Å²) in [4.78, 5) is 58.4. The zero-order chi connectivity index (χ0) is 18.8. The second-order valence-electron chi connectivity index (χ2n) is 7.69. The van der Waals surface area contributed by atoms with Crippen LogP contribution in [-0.2, 0) is 19.2 Å². The number of hydrogen-bond donors (Lipinski definition) is 0. The van der Waals surface area contributed by atoms with Gasteiger partial charge in [0.15, 0.2) is 0 Å². The Kier molecular flexibility index (Phi) is 5.85. The van der Waals surface area contributed by atoms with Crippen LogP contribution in [0.1, 0.15) is 58.8 Å². The molecule has 0 aromatic rings. The Balaban J connectivity index is 2.20. The number of nitro groups is 1. The number of nitrogens with zero attached hydrogens (tertiary/aromatic N) is 1. The maximum atomic E-state index is 12.1. The number of carbonyl (C=O) groups excluding carboxylic acids is 4. The first-order valence-electron chi connectivity index (χ1n) is 8.85. The normalized spacial score (nSPS) is 31.8. The van der Waals surface area contributed by atoms with Crippen LogP contribution >= 0.6 is 0 Å². The van der Waals surface area contributed by atoms with E-state index in [2.05, 4.69) is 0 Å². The summed E-state index contributed by atoms with van der Waals surface area (Å²) in [6.45, 7) is 3.06. The van der Waals surface area contributed by atoms with Crippen molar-refractivity contribution in [2.24, 2.45) is 23.2 Å². The highest BCUT2D eigenvalue weighted by molar-refractivity contribution is 6.12. The summed E-state index contributed by atoms with van der Waals surface area (Å²) in [5.74, 6) is -1.59. The number of carbonyl (C=O) groups is 4. The summed E-state index contributed by atoms with van der Waals surface area (Å²) < 4.78 is 0. The van der Waals surface area contributed by atoms with Gasteiger partial charge in [-0.1, -0.05) is 0 Å². The maximum absolute atomic E-state index is 12.1. The highest BCUT2D eigenvalue weighted by Crippen LogP contribution is 2.43. The zero-order valence-corrected chi connectivity index (χ0v) is 14.7. The van der Waals surface area contributed by atoms with Crippen LogP contribution in [0.2, 0.25) is 0 Å². The molecule has 0 N–H and O–H groups in total. The lowest BCUT2D eigenvalue weighted by molar-refractivity contribution is -0.538. The van der Waals surface area contributed by atoms with Gasteiger partial charge in [-0.05, 0) is 39.0 Å². The monoisotopic (exact) mass is 351 g/mol. The summed E-state index contributed by atoms with van der Waals surface area (Å²) in [5, 5.41) is 11.4. The largest absolute Gasteiger partial charge is 0.303 e. The van der Waals surface area contributed by atoms with Crippen molar-refractivity contribution in [3.8, 4) is 0 Å². The molecule has 0 aromatic heterocycles. The lowest BCUT2D eigenvalue weighted by atomic mass is 9.65. The molecule has 7 heteroatoms. The van der Waals surface area contributed by atoms with E-state index in [0.29, 0.717) is 12.8 Å². The Hall–Kier alpha value is -1.92. The molecule has 2 saturated carbocycles. The van der Waals surface area contributed by atoms with Crippen LogP contribution in [-0.4, -0.2) is 34.6 Å². The van der Waals surface area contributed by atoms with Gasteiger partial charge < -0.3 is 9.59 Å². The molecule has 0 heterocycles. The Morgan fingerprint density at radius 3 is 2.36 bits per heavy atom. The predicted molar refractivity (Wildman–Crippen MR) is 88.4 cm³/mol. The Labute approximate surface area is 146 Å². The minimum atomic E-state index is -1.08. The average Bonchev–Trinajstić information content (AvgIpc) is 2.79. The van der Waals surface area contributed by atoms with Crippen molar-refractivity contribution in [1.29, 1.82) is 0 Å². The van der Waals surface area contributed by atoms with E-state index in [4.69, 9.17) is 0 Å². The fourth-order valence-electron chi connectivity index (χ4n) is 4.53. The van der Waals surface area contributed by atoms with Gasteiger partial charge in [0.1, 0.15) is 23.6 Å². The molecule has 138 valence electrons. The molecule has 2 rings (SSSR count). The molecule has 4 atom stereocenters. The molecule has 2 fully saturated rings. The summed E-state index contributed by atoms with van der Waals surface area (Å²) in [7, 11) is 0. The van der Waals surface area contributed by atoms with Crippen molar-refractivity contribution in [3.05, 3.63) is 10.1 Å². The van der Waals surface area contributed by atoms with Crippen molar-refractivity contribution in [2.45, 2.75) is 64.8 Å². The standard InChI is InChI=1S/C18H25NO6/c1-11(21)9-12-3-4-15(19(24)25)13(14(12)10-20)7-8-18(2)16(22)5-6-17(18)23/h10,12-15H,3-9H2,1-2H3/t12-,13+,14-,15?/m0/s1. The molecule has 0 amide bonds. The summed E-state index contributed by atoms with van der Waals surface area (Å²) in [6.07, 6.45) is 2.71. The predicted octanol–water partition coefficient (Wildman–Crippen LogP) is 2.17. The minimum Gasteiger partial charge on any atom is -0.303 e. The molecular weight excluding hydrogens is 326 g/mol. The Morgan fingerprint density at radius 1 is 1.28 bits per heavy atom. The van der Waals surface area contributed by atoms with Gasteiger partial charge in [-0.25, -0.2) is 0 Å². The summed E-state index contributed by atoms with van der Waals surface area (Å²) >= 11 is 0. The Morgan fingerprint density at radius 2 is 1.88 bits per heavy atom. The van der Waals surface area contributed by atoms with Gasteiger partial charge in [-0.2, -0.15) is 0 Å². The van der Waals surface area contributed by atoms with E-state index >= 15 is 0 Å². The SMILES string of the molecule is CC(=O)C[C@@H]1CCC([N+](=O)[O-])[C@H](CCC2(C)C(=O)CCC2=O)[C@H]1C=O. The van der Waals surface area contributed by atoms with Gasteiger partial charge in [0.25, 0.3) is 0 Å². The van der Waals surface area contributed by atoms with E-state index < -0.39 is 23.3 Å². The highest BCUT2D eigenvalue weighted by Gasteiger charge is 2.49. The van der Waals surface area contributed by atoms with Crippen LogP contribution < -0.4 is 0 Å². The maximum Gasteiger partial charge on any atom is 0.216 e. The van der Waals surface area contributed by atoms with Gasteiger partial charge in [-0.15, -0.1) is 0 Å². The lowest BCUT2D eigenvalue weighted by Gasteiger charge is -2.37. The number of aldehydes is 1. The molecule has 0 spiro atoms. The number of ketones is 3. The van der Waals surface area contributed by atoms with Crippen molar-refractivity contribution in [3.63, 3.8) is 0 Å². The van der Waals surface area contributed by atoms with Crippen LogP contribution in [0.5, 0.6) is 0 Å². The van der Waals surface area contributed by atoms with E-state index in [9.17, 15) is 29.3 Å². The number of hydrogen-bond acceptors (Lipinski definition) is 6. The van der Waals surface area contributed by atoms with Crippen molar-refractivity contribution in [2.75, 3.05) is 0 Å². The fraction of sp³-hybridized carbons (Fsp3) is 0.778. The second kappa shape index (κ2) is 7.54. The van der Waals surface area contributed by atoms with E-state index in [-0.39, 0.29) is 60.3 Å². The van der Waals surface area contributed by atoms with Gasteiger partial charge in [0.2, 0.25) is 6.04 Å². The number of rotatable bonds is 7. The minimum absolute atomic E-state index is 0.0386. The molecule has 0 bridgehead atoms. The molecule has 0 aromatic carbocycles. The van der Waals surface area contributed by atoms with Crippen LogP contribution in [0, 0.1) is 33.3 Å². The van der Waals surface area contributed by atoms with Crippen LogP contribution in [0.4, 0.5) is 0 Å². The topological polar surface area (TPSA) is 111 Å². The summed E-state index contributed by atoms with van der Waals surface area (Å²) in [6, 6.07) is -0.867. The first-order valence-corrected chi connectivity index (χ1v) is 8.85. The molecule has 0 saturated heterocycles. The average molecular weight is 351 g/mol. The molecule has 2 aliphatic rings. The van der Waals surface area contributed by atoms with Crippen molar-refractivity contribution in [1.82, 2.24) is 0 Å². The van der Waals surface area contributed by atoms with Crippen LogP contribution in [0.15, 0.2) is 0 Å². The van der Waals surface area contributed by atoms with E-state index in [0.717, 1.165) is 6.29 Å². The molecule has 1 unspecified atom stereocenters. The zero-order valence-electron chi connectivity index (χ0n) is 14.7. The van der Waals surface area contributed by atoms with E-state index in [1.165, 1.54) is 6.92 Å². The molecule has 7 nitrogen and oxygen atoms in total. The third-order valence-corrected chi connectivity index (χ3v) is 6.13. The fourth-order valence-corrected chi connectivity index (χ4v) is 4.53. The summed E-state index contributed by atoms with van der Waals surface area (Å²) in [5.41, 5.74) is -1.08. The van der Waals surface area contributed by atoms with Gasteiger partial charge in [0.05, 0.1) is 5.41 Å². The van der Waals surface area contributed by atoms with Gasteiger partial charge in [-0.3, -0.25) is 19.7 Å². The smallest absolute Gasteiger partial charge is 0.216 e. The molecular formula is C18H25NO6. The van der Waals surface area contributed by atoms with Crippen LogP contribution in [0.3, 0.4) is 0 Å². The third kappa shape index (κ3) is 3.85. The second-order valence-corrected chi connectivity index (χ2v) is 7.69. The molecule has 0 radical (unpaired) electrons. The lowest BCUT2D eigenvalue weighted by Crippen LogP contribution is -2.44. The highest BCUT2D eigenvalue weighted by atomic mass is 16.6. The number of Topliss-reactive ketones (excluding diaryl/α,β-unsaturated/α-hetero) is 3.